The Kier molecular flexibility index (Phi) is 3.55. The van der Waals surface area contributed by atoms with Gasteiger partial charge in [0, 0.05) is 30.2 Å². The molecular formula is C15H16N2. The summed E-state index contributed by atoms with van der Waals surface area (Å²) < 4.78 is 0. The first-order valence-corrected chi connectivity index (χ1v) is 5.65. The van der Waals surface area contributed by atoms with Crippen LogP contribution in [0.5, 0.6) is 0 Å². The van der Waals surface area contributed by atoms with Gasteiger partial charge in [-0.05, 0) is 24.6 Å². The molecule has 0 aliphatic carbocycles. The lowest BCUT2D eigenvalue weighted by Crippen LogP contribution is -1.96. The fourth-order valence-corrected chi connectivity index (χ4v) is 1.72. The maximum atomic E-state index is 4.07. The first-order valence-electron chi connectivity index (χ1n) is 5.65. The lowest BCUT2D eigenvalue weighted by Gasteiger charge is -2.11. The van der Waals surface area contributed by atoms with Crippen LogP contribution in [0.4, 0.5) is 11.4 Å². The number of aryl methyl sites for hydroxylation is 1. The number of nitrogens with zero attached hydrogens (tertiary/aromatic N) is 1. The van der Waals surface area contributed by atoms with Crippen LogP contribution in [0.1, 0.15) is 11.1 Å². The molecule has 0 saturated carbocycles. The van der Waals surface area contributed by atoms with Gasteiger partial charge in [0.25, 0.3) is 0 Å². The third-order valence-corrected chi connectivity index (χ3v) is 2.64. The van der Waals surface area contributed by atoms with E-state index >= 15 is 0 Å². The highest BCUT2D eigenvalue weighted by atomic mass is 14.9. The van der Waals surface area contributed by atoms with Crippen molar-refractivity contribution in [3.05, 3.63) is 59.7 Å². The van der Waals surface area contributed by atoms with Crippen LogP contribution in [0.25, 0.3) is 0 Å². The standard InChI is InChI=1S/C15H16N2/c1-12-7-3-5-9-14(12)17-15-10-6-4-8-13(15)11-16-2/h3-11,17H,1-2H3/b16-11+. The Hall–Kier alpha value is -2.09. The number of para-hydroxylation sites is 2. The highest BCUT2D eigenvalue weighted by molar-refractivity contribution is 5.89. The number of benzene rings is 2. The molecule has 0 unspecified atom stereocenters. The van der Waals surface area contributed by atoms with E-state index < -0.39 is 0 Å². The van der Waals surface area contributed by atoms with Crippen LogP contribution in [0.3, 0.4) is 0 Å². The zero-order valence-electron chi connectivity index (χ0n) is 10.1. The molecular weight excluding hydrogens is 208 g/mol. The van der Waals surface area contributed by atoms with Gasteiger partial charge in [-0.2, -0.15) is 0 Å². The van der Waals surface area contributed by atoms with Crippen molar-refractivity contribution in [3.63, 3.8) is 0 Å². The van der Waals surface area contributed by atoms with Gasteiger partial charge in [0.2, 0.25) is 0 Å². The summed E-state index contributed by atoms with van der Waals surface area (Å²) in [5.74, 6) is 0. The topological polar surface area (TPSA) is 24.4 Å². The number of nitrogens with one attached hydrogen (secondary N) is 1. The summed E-state index contributed by atoms with van der Waals surface area (Å²) in [7, 11) is 1.78. The van der Waals surface area contributed by atoms with Crippen molar-refractivity contribution in [1.82, 2.24) is 0 Å². The molecule has 2 aromatic rings. The van der Waals surface area contributed by atoms with E-state index in [2.05, 4.69) is 35.4 Å². The van der Waals surface area contributed by atoms with E-state index in [9.17, 15) is 0 Å². The summed E-state index contributed by atoms with van der Waals surface area (Å²) >= 11 is 0. The quantitative estimate of drug-likeness (QED) is 0.788. The molecule has 0 spiro atoms. The predicted octanol–water partition coefficient (Wildman–Crippen LogP) is 3.79. The van der Waals surface area contributed by atoms with Crippen LogP contribution >= 0.6 is 0 Å². The molecule has 2 rings (SSSR count). The molecule has 2 heteroatoms. The average Bonchev–Trinajstić information content (AvgIpc) is 2.35. The van der Waals surface area contributed by atoms with E-state index in [1.807, 2.05) is 36.5 Å². The highest BCUT2D eigenvalue weighted by Crippen LogP contribution is 2.22. The summed E-state index contributed by atoms with van der Waals surface area (Å²) in [6.07, 6.45) is 1.86. The van der Waals surface area contributed by atoms with Crippen LogP contribution in [0.15, 0.2) is 53.5 Å². The van der Waals surface area contributed by atoms with Gasteiger partial charge in [-0.15, -0.1) is 0 Å². The molecule has 0 saturated heterocycles. The zero-order valence-corrected chi connectivity index (χ0v) is 10.1. The maximum absolute atomic E-state index is 4.07. The lowest BCUT2D eigenvalue weighted by atomic mass is 10.1. The Labute approximate surface area is 102 Å². The normalized spacial score (nSPS) is 10.7. The van der Waals surface area contributed by atoms with Gasteiger partial charge in [0.1, 0.15) is 0 Å². The molecule has 17 heavy (non-hydrogen) atoms. The number of rotatable bonds is 3. The molecule has 0 aromatic heterocycles. The Morgan fingerprint density at radius 1 is 0.941 bits per heavy atom. The number of aliphatic imine (C=N–C) groups is 1. The lowest BCUT2D eigenvalue weighted by molar-refractivity contribution is 1.42. The second-order valence-electron chi connectivity index (χ2n) is 3.91. The van der Waals surface area contributed by atoms with E-state index in [0.29, 0.717) is 0 Å². The third-order valence-electron chi connectivity index (χ3n) is 2.64. The summed E-state index contributed by atoms with van der Waals surface area (Å²) in [5, 5.41) is 3.43. The molecule has 0 aliphatic rings. The van der Waals surface area contributed by atoms with Crippen molar-refractivity contribution < 1.29 is 0 Å². The first kappa shape index (κ1) is 11.4. The van der Waals surface area contributed by atoms with Crippen molar-refractivity contribution in [2.45, 2.75) is 6.92 Å². The summed E-state index contributed by atoms with van der Waals surface area (Å²) in [4.78, 5) is 4.07. The first-order chi connectivity index (χ1) is 8.31. The Balaban J connectivity index is 2.33. The molecule has 0 radical (unpaired) electrons. The number of anilines is 2. The van der Waals surface area contributed by atoms with Gasteiger partial charge in [-0.1, -0.05) is 36.4 Å². The fourth-order valence-electron chi connectivity index (χ4n) is 1.72. The third kappa shape index (κ3) is 2.72. The average molecular weight is 224 g/mol. The zero-order chi connectivity index (χ0) is 12.1. The van der Waals surface area contributed by atoms with Crippen molar-refractivity contribution >= 4 is 17.6 Å². The van der Waals surface area contributed by atoms with Gasteiger partial charge in [-0.3, -0.25) is 4.99 Å². The van der Waals surface area contributed by atoms with Gasteiger partial charge in [0.05, 0.1) is 0 Å². The second-order valence-corrected chi connectivity index (χ2v) is 3.91. The SMILES string of the molecule is C/N=C/c1ccccc1Nc1ccccc1C. The van der Waals surface area contributed by atoms with Crippen LogP contribution in [0, 0.1) is 6.92 Å². The van der Waals surface area contributed by atoms with Gasteiger partial charge < -0.3 is 5.32 Å². The molecule has 86 valence electrons. The monoisotopic (exact) mass is 224 g/mol. The smallest absolute Gasteiger partial charge is 0.0473 e. The van der Waals surface area contributed by atoms with E-state index in [0.717, 1.165) is 16.9 Å². The molecule has 0 heterocycles. The molecule has 1 N–H and O–H groups in total. The van der Waals surface area contributed by atoms with E-state index in [1.54, 1.807) is 7.05 Å². The molecule has 0 atom stereocenters. The minimum Gasteiger partial charge on any atom is -0.355 e. The van der Waals surface area contributed by atoms with Crippen LogP contribution in [-0.4, -0.2) is 13.3 Å². The minimum absolute atomic E-state index is 1.08. The Morgan fingerprint density at radius 3 is 2.29 bits per heavy atom. The van der Waals surface area contributed by atoms with E-state index in [4.69, 9.17) is 0 Å². The predicted molar refractivity (Wildman–Crippen MR) is 74.4 cm³/mol. The van der Waals surface area contributed by atoms with Gasteiger partial charge in [0.15, 0.2) is 0 Å². The molecule has 0 amide bonds. The van der Waals surface area contributed by atoms with Crippen molar-refractivity contribution in [3.8, 4) is 0 Å². The Bertz CT molecular complexity index is 530. The molecule has 0 fully saturated rings. The number of hydrogen-bond donors (Lipinski definition) is 1. The van der Waals surface area contributed by atoms with Crippen molar-refractivity contribution in [2.75, 3.05) is 12.4 Å². The molecule has 0 bridgehead atoms. The highest BCUT2D eigenvalue weighted by Gasteiger charge is 2.01. The van der Waals surface area contributed by atoms with Crippen molar-refractivity contribution in [1.29, 1.82) is 0 Å². The molecule has 2 nitrogen and oxygen atoms in total. The second kappa shape index (κ2) is 5.30. The fraction of sp³-hybridized carbons (Fsp3) is 0.133. The van der Waals surface area contributed by atoms with Crippen LogP contribution in [-0.2, 0) is 0 Å². The molecule has 0 aliphatic heterocycles. The molecule has 2 aromatic carbocycles. The van der Waals surface area contributed by atoms with Gasteiger partial charge in [-0.25, -0.2) is 0 Å². The van der Waals surface area contributed by atoms with Gasteiger partial charge >= 0.3 is 0 Å². The minimum atomic E-state index is 1.08. The van der Waals surface area contributed by atoms with Crippen molar-refractivity contribution in [2.24, 2.45) is 4.99 Å². The largest absolute Gasteiger partial charge is 0.355 e. The van der Waals surface area contributed by atoms with Crippen LogP contribution in [0.2, 0.25) is 0 Å². The number of hydrogen-bond acceptors (Lipinski definition) is 2. The van der Waals surface area contributed by atoms with Crippen LogP contribution < -0.4 is 5.32 Å². The van der Waals surface area contributed by atoms with E-state index in [1.165, 1.54) is 5.56 Å². The maximum Gasteiger partial charge on any atom is 0.0473 e. The summed E-state index contributed by atoms with van der Waals surface area (Å²) in [6.45, 7) is 2.10. The summed E-state index contributed by atoms with van der Waals surface area (Å²) in [6, 6.07) is 16.4. The Morgan fingerprint density at radius 2 is 1.59 bits per heavy atom. The van der Waals surface area contributed by atoms with E-state index in [-0.39, 0.29) is 0 Å². The summed E-state index contributed by atoms with van der Waals surface area (Å²) in [5.41, 5.74) is 4.53.